The third-order valence-corrected chi connectivity index (χ3v) is 7.97. The Morgan fingerprint density at radius 3 is 2.66 bits per heavy atom. The lowest BCUT2D eigenvalue weighted by Gasteiger charge is -2.24. The zero-order chi connectivity index (χ0) is 22.2. The Morgan fingerprint density at radius 2 is 2.00 bits per heavy atom. The van der Waals surface area contributed by atoms with Gasteiger partial charge in [-0.25, -0.2) is 4.98 Å². The zero-order valence-electron chi connectivity index (χ0n) is 17.6. The summed E-state index contributed by atoms with van der Waals surface area (Å²) in [6.45, 7) is 0.643. The molecule has 0 bridgehead atoms. The Morgan fingerprint density at radius 1 is 1.28 bits per heavy atom. The lowest BCUT2D eigenvalue weighted by atomic mass is 9.98. The molecule has 0 aliphatic heterocycles. The molecular weight excluding hydrogens is 434 g/mol. The lowest BCUT2D eigenvalue weighted by Crippen LogP contribution is -2.43. The van der Waals surface area contributed by atoms with Gasteiger partial charge in [0.2, 0.25) is 11.2 Å². The van der Waals surface area contributed by atoms with E-state index < -0.39 is 23.7 Å². The number of halogens is 1. The first-order chi connectivity index (χ1) is 15.5. The van der Waals surface area contributed by atoms with Crippen LogP contribution in [-0.4, -0.2) is 67.0 Å². The maximum Gasteiger partial charge on any atom is 0.229 e. The van der Waals surface area contributed by atoms with E-state index in [2.05, 4.69) is 25.6 Å². The number of nitrogens with zero attached hydrogens (tertiary/aromatic N) is 4. The number of carbonyl (C=O) groups excluding carboxylic acids is 1. The van der Waals surface area contributed by atoms with Gasteiger partial charge in [0, 0.05) is 25.0 Å². The van der Waals surface area contributed by atoms with Gasteiger partial charge in [-0.1, -0.05) is 0 Å². The van der Waals surface area contributed by atoms with Crippen LogP contribution < -0.4 is 16.4 Å². The molecule has 172 valence electrons. The molecule has 4 saturated carbocycles. The fraction of sp³-hybridized carbons (Fsp3) is 0.714. The molecule has 0 unspecified atom stereocenters. The van der Waals surface area contributed by atoms with Gasteiger partial charge in [-0.15, -0.1) is 0 Å². The van der Waals surface area contributed by atoms with Gasteiger partial charge < -0.3 is 31.1 Å². The van der Waals surface area contributed by atoms with Gasteiger partial charge in [-0.3, -0.25) is 4.79 Å². The molecule has 10 nitrogen and oxygen atoms in total. The average molecular weight is 462 g/mol. The number of aliphatic hydroxyl groups excluding tert-OH is 2. The Labute approximate surface area is 189 Å². The molecule has 6 N–H and O–H groups in total. The zero-order valence-corrected chi connectivity index (χ0v) is 18.4. The second-order valence-electron chi connectivity index (χ2n) is 9.83. The largest absolute Gasteiger partial charge is 0.389 e. The van der Waals surface area contributed by atoms with Crippen molar-refractivity contribution in [3.63, 3.8) is 0 Å². The molecule has 5 atom stereocenters. The molecule has 32 heavy (non-hydrogen) atoms. The molecular formula is C21H28ClN7O3. The molecule has 0 aromatic carbocycles. The van der Waals surface area contributed by atoms with Gasteiger partial charge in [-0.05, 0) is 55.5 Å². The SMILES string of the molecule is NCCNC(=O)[C@@]12C[C@@H]1[C@@H](n1cnc3c(NC(C4CC4)C4CC4)nc(Cl)nc31)[C@H](O)[C@@H]2O. The number of anilines is 1. The minimum absolute atomic E-state index is 0.0999. The van der Waals surface area contributed by atoms with Crippen molar-refractivity contribution in [2.75, 3.05) is 18.4 Å². The molecule has 1 amide bonds. The van der Waals surface area contributed by atoms with Crippen molar-refractivity contribution < 1.29 is 15.0 Å². The average Bonchev–Trinajstić information content (AvgIpc) is 3.65. The van der Waals surface area contributed by atoms with Crippen LogP contribution in [0.4, 0.5) is 5.82 Å². The number of carbonyl (C=O) groups is 1. The van der Waals surface area contributed by atoms with Crippen LogP contribution in [0.2, 0.25) is 5.28 Å². The van der Waals surface area contributed by atoms with Crippen molar-refractivity contribution in [3.05, 3.63) is 11.6 Å². The standard InChI is InChI=1S/C21H28ClN7O3/c22-20-27-17(26-12(9-1-2-9)10-3-4-10)13-18(28-20)29(8-25-13)14-11-7-21(11,16(31)15(14)30)19(32)24-6-5-23/h8-12,14-16,30-31H,1-7,23H2,(H,24,32)(H,26,27,28)/t11-,14-,15+,16+,21+/m1/s1. The van der Waals surface area contributed by atoms with Gasteiger partial charge in [0.05, 0.1) is 23.9 Å². The summed E-state index contributed by atoms with van der Waals surface area (Å²) < 4.78 is 1.75. The number of hydrogen-bond donors (Lipinski definition) is 5. The van der Waals surface area contributed by atoms with E-state index in [1.54, 1.807) is 10.9 Å². The Hall–Kier alpha value is -2.01. The van der Waals surface area contributed by atoms with Crippen molar-refractivity contribution in [1.82, 2.24) is 24.8 Å². The molecule has 4 aliphatic carbocycles. The Kier molecular flexibility index (Phi) is 4.66. The maximum atomic E-state index is 12.8. The second-order valence-corrected chi connectivity index (χ2v) is 10.2. The molecule has 11 heteroatoms. The fourth-order valence-electron chi connectivity index (χ4n) is 5.80. The molecule has 0 saturated heterocycles. The van der Waals surface area contributed by atoms with Gasteiger partial charge in [0.25, 0.3) is 0 Å². The number of aromatic nitrogens is 4. The van der Waals surface area contributed by atoms with Crippen LogP contribution in [0, 0.1) is 23.2 Å². The van der Waals surface area contributed by atoms with E-state index in [9.17, 15) is 15.0 Å². The number of imidazole rings is 1. The van der Waals surface area contributed by atoms with Crippen molar-refractivity contribution >= 4 is 34.5 Å². The first kappa shape index (κ1) is 20.6. The van der Waals surface area contributed by atoms with E-state index in [0.717, 1.165) is 0 Å². The van der Waals surface area contributed by atoms with Crippen LogP contribution in [0.5, 0.6) is 0 Å². The topological polar surface area (TPSA) is 151 Å². The van der Waals surface area contributed by atoms with Crippen molar-refractivity contribution in [2.24, 2.45) is 28.9 Å². The normalized spacial score (nSPS) is 33.5. The highest BCUT2D eigenvalue weighted by Crippen LogP contribution is 2.67. The van der Waals surface area contributed by atoms with Crippen LogP contribution in [0.25, 0.3) is 11.2 Å². The summed E-state index contributed by atoms with van der Waals surface area (Å²) in [5, 5.41) is 28.1. The van der Waals surface area contributed by atoms with E-state index in [-0.39, 0.29) is 17.1 Å². The minimum Gasteiger partial charge on any atom is -0.389 e. The summed E-state index contributed by atoms with van der Waals surface area (Å²) in [5.74, 6) is 1.45. The smallest absolute Gasteiger partial charge is 0.229 e. The van der Waals surface area contributed by atoms with Crippen molar-refractivity contribution in [1.29, 1.82) is 0 Å². The van der Waals surface area contributed by atoms with Crippen LogP contribution in [0.1, 0.15) is 38.1 Å². The number of nitrogens with one attached hydrogen (secondary N) is 2. The van der Waals surface area contributed by atoms with E-state index >= 15 is 0 Å². The Bertz CT molecular complexity index is 1060. The quantitative estimate of drug-likeness (QED) is 0.355. The summed E-state index contributed by atoms with van der Waals surface area (Å²) in [6, 6.07) is -0.157. The van der Waals surface area contributed by atoms with Crippen LogP contribution in [0.3, 0.4) is 0 Å². The summed E-state index contributed by atoms with van der Waals surface area (Å²) >= 11 is 6.29. The number of hydrogen-bond acceptors (Lipinski definition) is 8. The van der Waals surface area contributed by atoms with Gasteiger partial charge in [0.1, 0.15) is 6.10 Å². The van der Waals surface area contributed by atoms with E-state index in [4.69, 9.17) is 17.3 Å². The van der Waals surface area contributed by atoms with Gasteiger partial charge in [-0.2, -0.15) is 9.97 Å². The molecule has 0 spiro atoms. The molecule has 2 aromatic heterocycles. The number of nitrogens with two attached hydrogens (primary N) is 1. The molecule has 4 aliphatic rings. The third kappa shape index (κ3) is 3.03. The molecule has 2 aromatic rings. The van der Waals surface area contributed by atoms with Crippen LogP contribution >= 0.6 is 11.6 Å². The Balaban J connectivity index is 1.33. The van der Waals surface area contributed by atoms with Crippen LogP contribution in [0.15, 0.2) is 6.33 Å². The number of fused-ring (bicyclic) bond motifs is 2. The number of aliphatic hydroxyl groups is 2. The third-order valence-electron chi connectivity index (χ3n) is 7.80. The predicted molar refractivity (Wildman–Crippen MR) is 117 cm³/mol. The summed E-state index contributed by atoms with van der Waals surface area (Å²) in [4.78, 5) is 26.1. The fourth-order valence-corrected chi connectivity index (χ4v) is 5.97. The highest BCUT2D eigenvalue weighted by atomic mass is 35.5. The monoisotopic (exact) mass is 461 g/mol. The molecule has 2 heterocycles. The lowest BCUT2D eigenvalue weighted by molar-refractivity contribution is -0.132. The first-order valence-corrected chi connectivity index (χ1v) is 11.8. The van der Waals surface area contributed by atoms with E-state index in [0.29, 0.717) is 54.4 Å². The van der Waals surface area contributed by atoms with Crippen molar-refractivity contribution in [2.45, 2.75) is 56.4 Å². The molecule has 6 rings (SSSR count). The summed E-state index contributed by atoms with van der Waals surface area (Å²) in [7, 11) is 0. The predicted octanol–water partition coefficient (Wildman–Crippen LogP) is 0.438. The molecule has 0 radical (unpaired) electrons. The number of rotatable bonds is 8. The van der Waals surface area contributed by atoms with Crippen molar-refractivity contribution in [3.8, 4) is 0 Å². The summed E-state index contributed by atoms with van der Waals surface area (Å²) in [6.07, 6.45) is 4.72. The summed E-state index contributed by atoms with van der Waals surface area (Å²) in [5.41, 5.74) is 5.58. The second kappa shape index (κ2) is 7.24. The van der Waals surface area contributed by atoms with Gasteiger partial charge in [0.15, 0.2) is 17.0 Å². The van der Waals surface area contributed by atoms with Gasteiger partial charge >= 0.3 is 0 Å². The van der Waals surface area contributed by atoms with Crippen LogP contribution in [-0.2, 0) is 4.79 Å². The first-order valence-electron chi connectivity index (χ1n) is 11.5. The highest BCUT2D eigenvalue weighted by molar-refractivity contribution is 6.28. The highest BCUT2D eigenvalue weighted by Gasteiger charge is 2.75. The maximum absolute atomic E-state index is 12.8. The van der Waals surface area contributed by atoms with E-state index in [1.807, 2.05) is 0 Å². The van der Waals surface area contributed by atoms with E-state index in [1.165, 1.54) is 25.7 Å². The molecule has 4 fully saturated rings. The minimum atomic E-state index is -1.17. The number of amides is 1.